The van der Waals surface area contributed by atoms with E-state index < -0.39 is 22.8 Å². The minimum absolute atomic E-state index is 0.0339. The van der Waals surface area contributed by atoms with E-state index in [1.807, 2.05) is 50.2 Å². The largest absolute Gasteiger partial charge is 0.450 e. The van der Waals surface area contributed by atoms with Crippen molar-refractivity contribution in [2.24, 2.45) is 0 Å². The lowest BCUT2D eigenvalue weighted by molar-refractivity contribution is -0.121. The lowest BCUT2D eigenvalue weighted by atomic mass is 9.84. The van der Waals surface area contributed by atoms with Crippen molar-refractivity contribution in [3.05, 3.63) is 115 Å². The van der Waals surface area contributed by atoms with E-state index >= 15 is 0 Å². The van der Waals surface area contributed by atoms with Crippen LogP contribution in [0.1, 0.15) is 51.2 Å². The molecule has 10 heteroatoms. The Morgan fingerprint density at radius 3 is 2.56 bits per heavy atom. The molecule has 5 aromatic rings. The van der Waals surface area contributed by atoms with Crippen molar-refractivity contribution in [1.82, 2.24) is 10.2 Å². The van der Waals surface area contributed by atoms with Gasteiger partial charge in [-0.2, -0.15) is 0 Å². The molecule has 2 aromatic heterocycles. The molecule has 0 aliphatic carbocycles. The van der Waals surface area contributed by atoms with Gasteiger partial charge in [-0.05, 0) is 43.2 Å². The Kier molecular flexibility index (Phi) is 5.85. The summed E-state index contributed by atoms with van der Waals surface area (Å²) in [6.45, 7) is 4.27. The zero-order valence-corrected chi connectivity index (χ0v) is 23.8. The molecule has 0 radical (unpaired) electrons. The van der Waals surface area contributed by atoms with Crippen molar-refractivity contribution in [3.63, 3.8) is 0 Å². The van der Waals surface area contributed by atoms with Gasteiger partial charge in [0.2, 0.25) is 10.9 Å². The van der Waals surface area contributed by atoms with E-state index in [4.69, 9.17) is 16.0 Å². The third kappa shape index (κ3) is 3.62. The average Bonchev–Trinajstić information content (AvgIpc) is 3.60. The van der Waals surface area contributed by atoms with Gasteiger partial charge in [0.25, 0.3) is 11.8 Å². The zero-order valence-electron chi connectivity index (χ0n) is 22.2. The first kappa shape index (κ1) is 25.6. The molecule has 0 saturated carbocycles. The second kappa shape index (κ2) is 9.36. The Labute approximate surface area is 243 Å². The molecule has 4 heterocycles. The van der Waals surface area contributed by atoms with Crippen LogP contribution in [0, 0.1) is 6.92 Å². The van der Waals surface area contributed by atoms with Crippen LogP contribution in [0.4, 0.5) is 10.8 Å². The molecule has 3 aromatic carbocycles. The number of hydrogen-bond donors (Lipinski definition) is 0. The molecule has 0 fully saturated rings. The Hall–Kier alpha value is -4.34. The summed E-state index contributed by atoms with van der Waals surface area (Å²) in [5.41, 5.74) is 0.980. The van der Waals surface area contributed by atoms with Gasteiger partial charge in [0, 0.05) is 17.0 Å². The molecule has 0 bridgehead atoms. The number of benzene rings is 3. The summed E-state index contributed by atoms with van der Waals surface area (Å²) in [6.07, 6.45) is 1.51. The molecular weight excluding hydrogens is 560 g/mol. The highest BCUT2D eigenvalue weighted by atomic mass is 35.5. The summed E-state index contributed by atoms with van der Waals surface area (Å²) in [5, 5.41) is 10.1. The van der Waals surface area contributed by atoms with E-state index in [1.54, 1.807) is 29.2 Å². The highest BCUT2D eigenvalue weighted by molar-refractivity contribution is 7.15. The number of halogens is 1. The van der Waals surface area contributed by atoms with E-state index in [0.29, 0.717) is 22.7 Å². The minimum Gasteiger partial charge on any atom is -0.450 e. The fourth-order valence-corrected chi connectivity index (χ4v) is 6.98. The molecule has 0 saturated heterocycles. The molecule has 1 atom stereocenters. The third-order valence-corrected chi connectivity index (χ3v) is 8.86. The van der Waals surface area contributed by atoms with Crippen molar-refractivity contribution >= 4 is 56.5 Å². The van der Waals surface area contributed by atoms with E-state index in [1.165, 1.54) is 22.3 Å². The Bertz CT molecular complexity index is 1950. The van der Waals surface area contributed by atoms with Crippen LogP contribution in [0.5, 0.6) is 0 Å². The molecular formula is C31H23ClN4O4S. The zero-order chi connectivity index (χ0) is 28.5. The number of amides is 2. The monoisotopic (exact) mass is 582 g/mol. The van der Waals surface area contributed by atoms with Crippen LogP contribution in [0.15, 0.2) is 75.9 Å². The summed E-state index contributed by atoms with van der Waals surface area (Å²) >= 11 is 7.50. The van der Waals surface area contributed by atoms with Crippen molar-refractivity contribution in [1.29, 1.82) is 0 Å². The summed E-state index contributed by atoms with van der Waals surface area (Å²) in [6, 6.07) is 19.8. The van der Waals surface area contributed by atoms with Gasteiger partial charge in [-0.15, -0.1) is 10.2 Å². The molecule has 2 aliphatic rings. The summed E-state index contributed by atoms with van der Waals surface area (Å²) in [7, 11) is 0. The summed E-state index contributed by atoms with van der Waals surface area (Å²) < 4.78 is 6.11. The molecule has 1 unspecified atom stereocenters. The second-order valence-corrected chi connectivity index (χ2v) is 11.7. The minimum atomic E-state index is -1.83. The number of aromatic nitrogens is 2. The van der Waals surface area contributed by atoms with E-state index in [0.717, 1.165) is 22.6 Å². The van der Waals surface area contributed by atoms with Crippen LogP contribution < -0.4 is 15.2 Å². The van der Waals surface area contributed by atoms with E-state index in [2.05, 4.69) is 10.2 Å². The Balaban J connectivity index is 1.53. The maximum absolute atomic E-state index is 14.9. The Morgan fingerprint density at radius 1 is 1.00 bits per heavy atom. The highest BCUT2D eigenvalue weighted by Crippen LogP contribution is 2.54. The highest BCUT2D eigenvalue weighted by Gasteiger charge is 2.66. The number of hydrogen-bond acceptors (Lipinski definition) is 7. The third-order valence-electron chi connectivity index (χ3n) is 7.66. The standard InChI is InChI=1S/C31H23ClN4O4S/c1-3-6-24-33-34-30(41-24)36-28(38)27-25(26(37)20-15-19(32)13-14-23(20)40-27)31(36)21-7-4-5-8-22(21)35(29(31)39)16-18-11-9-17(2)10-12-18/h4-5,7-15H,3,6,16H2,1-2H3. The van der Waals surface area contributed by atoms with Gasteiger partial charge < -0.3 is 9.32 Å². The molecule has 0 N–H and O–H groups in total. The van der Waals surface area contributed by atoms with Gasteiger partial charge in [-0.1, -0.05) is 77.9 Å². The SMILES string of the molecule is CCCc1nnc(N2C(=O)c3oc4ccc(Cl)cc4c(=O)c3C23C(=O)N(Cc2ccc(C)cc2)c2ccccc23)s1. The van der Waals surface area contributed by atoms with Gasteiger partial charge in [-0.3, -0.25) is 19.3 Å². The fraction of sp³-hybridized carbons (Fsp3) is 0.194. The van der Waals surface area contributed by atoms with Crippen LogP contribution in [0.2, 0.25) is 5.02 Å². The smallest absolute Gasteiger partial charge is 0.297 e. The number of nitrogens with zero attached hydrogens (tertiary/aromatic N) is 4. The average molecular weight is 583 g/mol. The van der Waals surface area contributed by atoms with Crippen LogP contribution in [0.3, 0.4) is 0 Å². The number of fused-ring (bicyclic) bond motifs is 5. The number of carbonyl (C=O) groups excluding carboxylic acids is 2. The maximum Gasteiger partial charge on any atom is 0.297 e. The number of anilines is 2. The number of para-hydroxylation sites is 1. The molecule has 8 nitrogen and oxygen atoms in total. The summed E-state index contributed by atoms with van der Waals surface area (Å²) in [4.78, 5) is 46.5. The quantitative estimate of drug-likeness (QED) is 0.252. The van der Waals surface area contributed by atoms with Gasteiger partial charge in [0.1, 0.15) is 10.6 Å². The van der Waals surface area contributed by atoms with E-state index in [-0.39, 0.29) is 34.0 Å². The predicted octanol–water partition coefficient (Wildman–Crippen LogP) is 6.01. The lowest BCUT2D eigenvalue weighted by Gasteiger charge is -2.32. The first-order valence-corrected chi connectivity index (χ1v) is 14.4. The van der Waals surface area contributed by atoms with Crippen LogP contribution >= 0.6 is 22.9 Å². The first-order chi connectivity index (χ1) is 19.8. The molecule has 2 amide bonds. The predicted molar refractivity (Wildman–Crippen MR) is 158 cm³/mol. The van der Waals surface area contributed by atoms with Crippen molar-refractivity contribution in [2.45, 2.75) is 38.8 Å². The fourth-order valence-electron chi connectivity index (χ4n) is 5.82. The molecule has 2 aliphatic heterocycles. The van der Waals surface area contributed by atoms with Crippen molar-refractivity contribution in [2.75, 3.05) is 9.80 Å². The van der Waals surface area contributed by atoms with Crippen molar-refractivity contribution in [3.8, 4) is 0 Å². The van der Waals surface area contributed by atoms with Gasteiger partial charge in [-0.25, -0.2) is 0 Å². The van der Waals surface area contributed by atoms with Gasteiger partial charge >= 0.3 is 0 Å². The normalized spacial score (nSPS) is 17.6. The molecule has 41 heavy (non-hydrogen) atoms. The van der Waals surface area contributed by atoms with Crippen LogP contribution in [-0.2, 0) is 23.3 Å². The molecule has 204 valence electrons. The van der Waals surface area contributed by atoms with E-state index in [9.17, 15) is 14.4 Å². The Morgan fingerprint density at radius 2 is 1.78 bits per heavy atom. The number of aryl methyl sites for hydroxylation is 2. The topological polar surface area (TPSA) is 96.6 Å². The lowest BCUT2D eigenvalue weighted by Crippen LogP contribution is -2.53. The maximum atomic E-state index is 14.9. The van der Waals surface area contributed by atoms with Crippen LogP contribution in [-0.4, -0.2) is 22.0 Å². The summed E-state index contributed by atoms with van der Waals surface area (Å²) in [5.74, 6) is -1.24. The number of rotatable bonds is 5. The van der Waals surface area contributed by atoms with Gasteiger partial charge in [0.15, 0.2) is 11.0 Å². The second-order valence-electron chi connectivity index (χ2n) is 10.2. The van der Waals surface area contributed by atoms with Gasteiger partial charge in [0.05, 0.1) is 23.2 Å². The molecule has 7 rings (SSSR count). The van der Waals surface area contributed by atoms with Crippen LogP contribution in [0.25, 0.3) is 11.0 Å². The molecule has 1 spiro atoms. The van der Waals surface area contributed by atoms with Crippen molar-refractivity contribution < 1.29 is 14.0 Å². The first-order valence-electron chi connectivity index (χ1n) is 13.3. The number of carbonyl (C=O) groups is 2.